The molecule has 0 bridgehead atoms. The SMILES string of the molecule is Cc1cccc(OCCNC(=O)c2cc(Br)ccc2I)c1. The number of hydrogen-bond donors (Lipinski definition) is 1. The van der Waals surface area contributed by atoms with Crippen LogP contribution in [0.25, 0.3) is 0 Å². The van der Waals surface area contributed by atoms with Crippen molar-refractivity contribution in [1.29, 1.82) is 0 Å². The molecule has 0 fully saturated rings. The van der Waals surface area contributed by atoms with Gasteiger partial charge in [0.25, 0.3) is 5.91 Å². The minimum atomic E-state index is -0.0893. The molecule has 110 valence electrons. The van der Waals surface area contributed by atoms with E-state index in [1.165, 1.54) is 0 Å². The molecular formula is C16H15BrINO2. The van der Waals surface area contributed by atoms with E-state index in [-0.39, 0.29) is 5.91 Å². The lowest BCUT2D eigenvalue weighted by Gasteiger charge is -2.09. The van der Waals surface area contributed by atoms with E-state index in [2.05, 4.69) is 43.8 Å². The number of halogens is 2. The predicted molar refractivity (Wildman–Crippen MR) is 95.9 cm³/mol. The molecule has 0 unspecified atom stereocenters. The molecule has 0 atom stereocenters. The van der Waals surface area contributed by atoms with Gasteiger partial charge in [-0.1, -0.05) is 28.1 Å². The van der Waals surface area contributed by atoms with E-state index < -0.39 is 0 Å². The van der Waals surface area contributed by atoms with E-state index in [9.17, 15) is 4.79 Å². The zero-order valence-electron chi connectivity index (χ0n) is 11.5. The van der Waals surface area contributed by atoms with Crippen LogP contribution in [0.1, 0.15) is 15.9 Å². The number of carbonyl (C=O) groups excluding carboxylic acids is 1. The third-order valence-corrected chi connectivity index (χ3v) is 4.25. The standard InChI is InChI=1S/C16H15BrINO2/c1-11-3-2-4-13(9-11)21-8-7-19-16(20)14-10-12(17)5-6-15(14)18/h2-6,9-10H,7-8H2,1H3,(H,19,20). The first-order valence-electron chi connectivity index (χ1n) is 6.49. The summed E-state index contributed by atoms with van der Waals surface area (Å²) in [6.07, 6.45) is 0. The largest absolute Gasteiger partial charge is 0.492 e. The lowest BCUT2D eigenvalue weighted by molar-refractivity contribution is 0.0946. The van der Waals surface area contributed by atoms with Crippen molar-refractivity contribution in [3.63, 3.8) is 0 Å². The van der Waals surface area contributed by atoms with Crippen LogP contribution in [-0.2, 0) is 0 Å². The minimum absolute atomic E-state index is 0.0893. The van der Waals surface area contributed by atoms with Gasteiger partial charge in [-0.05, 0) is 65.4 Å². The van der Waals surface area contributed by atoms with Crippen LogP contribution in [0.4, 0.5) is 0 Å². The Kier molecular flexibility index (Phi) is 6.05. The molecule has 0 radical (unpaired) electrons. The average Bonchev–Trinajstić information content (AvgIpc) is 2.46. The van der Waals surface area contributed by atoms with Gasteiger partial charge in [0.05, 0.1) is 12.1 Å². The molecule has 0 aromatic heterocycles. The lowest BCUT2D eigenvalue weighted by Crippen LogP contribution is -2.28. The molecule has 21 heavy (non-hydrogen) atoms. The van der Waals surface area contributed by atoms with Crippen LogP contribution in [0.15, 0.2) is 46.9 Å². The molecule has 5 heteroatoms. The minimum Gasteiger partial charge on any atom is -0.492 e. The molecule has 0 saturated heterocycles. The van der Waals surface area contributed by atoms with Gasteiger partial charge in [0.15, 0.2) is 0 Å². The molecule has 2 rings (SSSR count). The topological polar surface area (TPSA) is 38.3 Å². The van der Waals surface area contributed by atoms with Gasteiger partial charge < -0.3 is 10.1 Å². The second-order valence-electron chi connectivity index (χ2n) is 4.55. The van der Waals surface area contributed by atoms with E-state index in [0.29, 0.717) is 18.7 Å². The van der Waals surface area contributed by atoms with Gasteiger partial charge in [-0.3, -0.25) is 4.79 Å². The van der Waals surface area contributed by atoms with Gasteiger partial charge in [0, 0.05) is 8.04 Å². The molecule has 0 saturated carbocycles. The molecule has 2 aromatic carbocycles. The maximum Gasteiger partial charge on any atom is 0.252 e. The van der Waals surface area contributed by atoms with E-state index in [1.54, 1.807) is 0 Å². The lowest BCUT2D eigenvalue weighted by atomic mass is 10.2. The van der Waals surface area contributed by atoms with Crippen LogP contribution in [0, 0.1) is 10.5 Å². The first-order valence-corrected chi connectivity index (χ1v) is 8.36. The predicted octanol–water partition coefficient (Wildman–Crippen LogP) is 4.17. The van der Waals surface area contributed by atoms with Crippen LogP contribution in [0.5, 0.6) is 5.75 Å². The Morgan fingerprint density at radius 1 is 1.29 bits per heavy atom. The molecule has 1 amide bonds. The Labute approximate surface area is 146 Å². The van der Waals surface area contributed by atoms with Crippen LogP contribution < -0.4 is 10.1 Å². The van der Waals surface area contributed by atoms with Crippen molar-refractivity contribution < 1.29 is 9.53 Å². The zero-order valence-corrected chi connectivity index (χ0v) is 15.3. The molecule has 2 aromatic rings. The summed E-state index contributed by atoms with van der Waals surface area (Å²) in [7, 11) is 0. The first kappa shape index (κ1) is 16.3. The quantitative estimate of drug-likeness (QED) is 0.538. The zero-order chi connectivity index (χ0) is 15.2. The molecule has 0 aliphatic carbocycles. The van der Waals surface area contributed by atoms with Gasteiger partial charge in [-0.25, -0.2) is 0 Å². The summed E-state index contributed by atoms with van der Waals surface area (Å²) in [5.74, 6) is 0.731. The summed E-state index contributed by atoms with van der Waals surface area (Å²) in [6, 6.07) is 13.5. The van der Waals surface area contributed by atoms with Crippen molar-refractivity contribution in [3.05, 3.63) is 61.6 Å². The summed E-state index contributed by atoms with van der Waals surface area (Å²) in [5.41, 5.74) is 1.82. The summed E-state index contributed by atoms with van der Waals surface area (Å²) >= 11 is 5.53. The van der Waals surface area contributed by atoms with Crippen molar-refractivity contribution >= 4 is 44.4 Å². The number of ether oxygens (including phenoxy) is 1. The monoisotopic (exact) mass is 459 g/mol. The second-order valence-corrected chi connectivity index (χ2v) is 6.62. The Morgan fingerprint density at radius 2 is 2.10 bits per heavy atom. The summed E-state index contributed by atoms with van der Waals surface area (Å²) in [6.45, 7) is 2.93. The number of hydrogen-bond acceptors (Lipinski definition) is 2. The molecular weight excluding hydrogens is 445 g/mol. The number of benzene rings is 2. The molecule has 0 aliphatic heterocycles. The highest BCUT2D eigenvalue weighted by Crippen LogP contribution is 2.18. The van der Waals surface area contributed by atoms with Crippen molar-refractivity contribution in [3.8, 4) is 5.75 Å². The smallest absolute Gasteiger partial charge is 0.252 e. The third kappa shape index (κ3) is 5.00. The van der Waals surface area contributed by atoms with E-state index in [1.807, 2.05) is 49.4 Å². The van der Waals surface area contributed by atoms with E-state index in [4.69, 9.17) is 4.74 Å². The Hall–Kier alpha value is -1.08. The normalized spacial score (nSPS) is 10.2. The van der Waals surface area contributed by atoms with E-state index >= 15 is 0 Å². The van der Waals surface area contributed by atoms with E-state index in [0.717, 1.165) is 19.4 Å². The summed E-state index contributed by atoms with van der Waals surface area (Å²) in [5, 5.41) is 2.86. The van der Waals surface area contributed by atoms with Gasteiger partial charge in [0.1, 0.15) is 12.4 Å². The summed E-state index contributed by atoms with van der Waals surface area (Å²) in [4.78, 5) is 12.1. The molecule has 1 N–H and O–H groups in total. The number of nitrogens with one attached hydrogen (secondary N) is 1. The Bertz CT molecular complexity index is 646. The number of aryl methyl sites for hydroxylation is 1. The van der Waals surface area contributed by atoms with Crippen LogP contribution in [-0.4, -0.2) is 19.1 Å². The summed E-state index contributed by atoms with van der Waals surface area (Å²) < 4.78 is 7.42. The van der Waals surface area contributed by atoms with Crippen LogP contribution in [0.2, 0.25) is 0 Å². The van der Waals surface area contributed by atoms with Gasteiger partial charge in [-0.2, -0.15) is 0 Å². The van der Waals surface area contributed by atoms with Gasteiger partial charge >= 0.3 is 0 Å². The van der Waals surface area contributed by atoms with Crippen molar-refractivity contribution in [2.24, 2.45) is 0 Å². The highest BCUT2D eigenvalue weighted by molar-refractivity contribution is 14.1. The van der Waals surface area contributed by atoms with Gasteiger partial charge in [0.2, 0.25) is 0 Å². The third-order valence-electron chi connectivity index (χ3n) is 2.82. The highest BCUT2D eigenvalue weighted by Gasteiger charge is 2.09. The highest BCUT2D eigenvalue weighted by atomic mass is 127. The molecule has 3 nitrogen and oxygen atoms in total. The fourth-order valence-corrected chi connectivity index (χ4v) is 2.75. The maximum absolute atomic E-state index is 12.1. The number of rotatable bonds is 5. The number of amides is 1. The molecule has 0 spiro atoms. The fourth-order valence-electron chi connectivity index (χ4n) is 1.81. The van der Waals surface area contributed by atoms with Crippen LogP contribution >= 0.6 is 38.5 Å². The average molecular weight is 460 g/mol. The maximum atomic E-state index is 12.1. The van der Waals surface area contributed by atoms with Crippen molar-refractivity contribution in [1.82, 2.24) is 5.32 Å². The van der Waals surface area contributed by atoms with Crippen LogP contribution in [0.3, 0.4) is 0 Å². The van der Waals surface area contributed by atoms with Crippen molar-refractivity contribution in [2.45, 2.75) is 6.92 Å². The molecule has 0 heterocycles. The number of carbonyl (C=O) groups is 1. The fraction of sp³-hybridized carbons (Fsp3) is 0.188. The first-order chi connectivity index (χ1) is 10.1. The Balaban J connectivity index is 1.83. The van der Waals surface area contributed by atoms with Gasteiger partial charge in [-0.15, -0.1) is 0 Å². The van der Waals surface area contributed by atoms with Crippen molar-refractivity contribution in [2.75, 3.05) is 13.2 Å². The second kappa shape index (κ2) is 7.79. The Morgan fingerprint density at radius 3 is 2.86 bits per heavy atom. The molecule has 0 aliphatic rings.